The number of H-pyrrole nitrogens is 1. The van der Waals surface area contributed by atoms with Crippen molar-refractivity contribution in [3.8, 4) is 0 Å². The molecule has 2 aromatic heterocycles. The Kier molecular flexibility index (Phi) is 4.69. The Morgan fingerprint density at radius 1 is 1.27 bits per heavy atom. The third-order valence-electron chi connectivity index (χ3n) is 5.10. The summed E-state index contributed by atoms with van der Waals surface area (Å²) in [6.45, 7) is 7.83. The fraction of sp³-hybridized carbons (Fsp3) is 0.556. The monoisotopic (exact) mass is 356 g/mol. The first-order valence-corrected chi connectivity index (χ1v) is 9.11. The van der Waals surface area contributed by atoms with Gasteiger partial charge in [0.2, 0.25) is 0 Å². The summed E-state index contributed by atoms with van der Waals surface area (Å²) in [6.07, 6.45) is 5.96. The lowest BCUT2D eigenvalue weighted by molar-refractivity contribution is -0.00704. The summed E-state index contributed by atoms with van der Waals surface area (Å²) in [5.74, 6) is 0.0166. The highest BCUT2D eigenvalue weighted by Gasteiger charge is 2.32. The summed E-state index contributed by atoms with van der Waals surface area (Å²) in [5, 5.41) is 7.33. The van der Waals surface area contributed by atoms with E-state index in [9.17, 15) is 4.79 Å². The molecule has 8 heteroatoms. The van der Waals surface area contributed by atoms with Gasteiger partial charge in [-0.25, -0.2) is 0 Å². The number of amides is 1. The highest BCUT2D eigenvalue weighted by atomic mass is 16.5. The maximum absolute atomic E-state index is 13.0. The second kappa shape index (κ2) is 7.13. The van der Waals surface area contributed by atoms with Crippen LogP contribution in [0.1, 0.15) is 47.4 Å². The number of hydrogen-bond acceptors (Lipinski definition) is 6. The van der Waals surface area contributed by atoms with Gasteiger partial charge in [-0.3, -0.25) is 24.8 Å². The molecule has 26 heavy (non-hydrogen) atoms. The SMILES string of the molecule is C[C@@H]1Cc2c(C(=O)N3CCN(Cc4cnccn4)CC3)n[nH]c2[C@H](C)O1. The number of nitrogens with one attached hydrogen (secondary N) is 1. The van der Waals surface area contributed by atoms with Crippen molar-refractivity contribution in [1.29, 1.82) is 0 Å². The van der Waals surface area contributed by atoms with Gasteiger partial charge in [0.25, 0.3) is 5.91 Å². The molecule has 4 rings (SSSR count). The zero-order valence-electron chi connectivity index (χ0n) is 15.2. The third kappa shape index (κ3) is 3.34. The normalized spacial score (nSPS) is 23.7. The van der Waals surface area contributed by atoms with E-state index in [-0.39, 0.29) is 18.1 Å². The Morgan fingerprint density at radius 2 is 2.08 bits per heavy atom. The molecule has 1 saturated heterocycles. The molecular weight excluding hydrogens is 332 g/mol. The summed E-state index contributed by atoms with van der Waals surface area (Å²) in [6, 6.07) is 0. The van der Waals surface area contributed by atoms with E-state index in [1.807, 2.05) is 18.7 Å². The molecule has 138 valence electrons. The van der Waals surface area contributed by atoms with E-state index in [0.717, 1.165) is 43.0 Å². The minimum absolute atomic E-state index is 0.0166. The lowest BCUT2D eigenvalue weighted by Crippen LogP contribution is -2.48. The second-order valence-electron chi connectivity index (χ2n) is 7.02. The molecule has 4 heterocycles. The summed E-state index contributed by atoms with van der Waals surface area (Å²) in [5.41, 5.74) is 3.47. The average Bonchev–Trinajstić information content (AvgIpc) is 3.07. The molecule has 0 aromatic carbocycles. The summed E-state index contributed by atoms with van der Waals surface area (Å²) in [4.78, 5) is 25.6. The van der Waals surface area contributed by atoms with Crippen LogP contribution in [0, 0.1) is 0 Å². The molecule has 0 saturated carbocycles. The number of hydrogen-bond donors (Lipinski definition) is 1. The molecule has 0 unspecified atom stereocenters. The van der Waals surface area contributed by atoms with E-state index in [0.29, 0.717) is 18.8 Å². The van der Waals surface area contributed by atoms with Gasteiger partial charge in [-0.1, -0.05) is 0 Å². The fourth-order valence-corrected chi connectivity index (χ4v) is 3.75. The van der Waals surface area contributed by atoms with Crippen molar-refractivity contribution >= 4 is 5.91 Å². The van der Waals surface area contributed by atoms with E-state index >= 15 is 0 Å². The van der Waals surface area contributed by atoms with Gasteiger partial charge in [-0.15, -0.1) is 0 Å². The van der Waals surface area contributed by atoms with E-state index in [2.05, 4.69) is 25.1 Å². The maximum atomic E-state index is 13.0. The van der Waals surface area contributed by atoms with Crippen LogP contribution in [-0.4, -0.2) is 68.2 Å². The lowest BCUT2D eigenvalue weighted by atomic mass is 9.99. The maximum Gasteiger partial charge on any atom is 0.274 e. The molecule has 2 aliphatic heterocycles. The van der Waals surface area contributed by atoms with Crippen LogP contribution in [0.25, 0.3) is 0 Å². The standard InChI is InChI=1S/C18H24N6O2/c1-12-9-15-16(13(2)26-12)21-22-17(15)18(25)24-7-5-23(6-8-24)11-14-10-19-3-4-20-14/h3-4,10,12-13H,5-9,11H2,1-2H3,(H,21,22)/t12-,13+/m1/s1. The first kappa shape index (κ1) is 17.1. The van der Waals surface area contributed by atoms with Crippen LogP contribution in [0.15, 0.2) is 18.6 Å². The number of fused-ring (bicyclic) bond motifs is 1. The molecule has 8 nitrogen and oxygen atoms in total. The Balaban J connectivity index is 1.40. The molecule has 2 atom stereocenters. The van der Waals surface area contributed by atoms with Gasteiger partial charge in [-0.2, -0.15) is 5.10 Å². The zero-order valence-corrected chi connectivity index (χ0v) is 15.2. The van der Waals surface area contributed by atoms with Crippen LogP contribution in [-0.2, 0) is 17.7 Å². The molecular formula is C18H24N6O2. The number of piperazine rings is 1. The zero-order chi connectivity index (χ0) is 18.1. The molecule has 1 amide bonds. The number of ether oxygens (including phenoxy) is 1. The van der Waals surface area contributed by atoms with E-state index < -0.39 is 0 Å². The number of aromatic amines is 1. The third-order valence-corrected chi connectivity index (χ3v) is 5.10. The Hall–Kier alpha value is -2.32. The van der Waals surface area contributed by atoms with E-state index in [1.165, 1.54) is 0 Å². The van der Waals surface area contributed by atoms with Crippen LogP contribution < -0.4 is 0 Å². The lowest BCUT2D eigenvalue weighted by Gasteiger charge is -2.34. The van der Waals surface area contributed by atoms with E-state index in [4.69, 9.17) is 4.74 Å². The van der Waals surface area contributed by atoms with Crippen LogP contribution in [0.4, 0.5) is 0 Å². The predicted molar refractivity (Wildman–Crippen MR) is 94.5 cm³/mol. The van der Waals surface area contributed by atoms with Crippen LogP contribution in [0.3, 0.4) is 0 Å². The molecule has 1 fully saturated rings. The second-order valence-corrected chi connectivity index (χ2v) is 7.02. The highest BCUT2D eigenvalue weighted by Crippen LogP contribution is 2.30. The fourth-order valence-electron chi connectivity index (χ4n) is 3.75. The van der Waals surface area contributed by atoms with Gasteiger partial charge in [0.15, 0.2) is 5.69 Å². The van der Waals surface area contributed by atoms with Gasteiger partial charge in [0.1, 0.15) is 0 Å². The molecule has 0 bridgehead atoms. The molecule has 2 aliphatic rings. The summed E-state index contributed by atoms with van der Waals surface area (Å²) in [7, 11) is 0. The molecule has 2 aromatic rings. The summed E-state index contributed by atoms with van der Waals surface area (Å²) < 4.78 is 5.81. The molecule has 0 radical (unpaired) electrons. The molecule has 1 N–H and O–H groups in total. The molecule has 0 spiro atoms. The van der Waals surface area contributed by atoms with Crippen molar-refractivity contribution in [3.63, 3.8) is 0 Å². The minimum Gasteiger partial charge on any atom is -0.369 e. The number of rotatable bonds is 3. The van der Waals surface area contributed by atoms with Gasteiger partial charge < -0.3 is 9.64 Å². The Bertz CT molecular complexity index is 769. The number of nitrogens with zero attached hydrogens (tertiary/aromatic N) is 5. The number of aromatic nitrogens is 4. The van der Waals surface area contributed by atoms with Gasteiger partial charge in [-0.05, 0) is 13.8 Å². The quantitative estimate of drug-likeness (QED) is 0.889. The van der Waals surface area contributed by atoms with Crippen molar-refractivity contribution in [2.75, 3.05) is 26.2 Å². The predicted octanol–water partition coefficient (Wildman–Crippen LogP) is 1.18. The number of carbonyl (C=O) groups is 1. The van der Waals surface area contributed by atoms with Gasteiger partial charge >= 0.3 is 0 Å². The van der Waals surface area contributed by atoms with Crippen molar-refractivity contribution in [3.05, 3.63) is 41.2 Å². The average molecular weight is 356 g/mol. The van der Waals surface area contributed by atoms with Gasteiger partial charge in [0.05, 0.1) is 23.6 Å². The topological polar surface area (TPSA) is 87.2 Å². The van der Waals surface area contributed by atoms with Crippen LogP contribution in [0.2, 0.25) is 0 Å². The smallest absolute Gasteiger partial charge is 0.274 e. The van der Waals surface area contributed by atoms with Crippen molar-refractivity contribution in [1.82, 2.24) is 30.0 Å². The largest absolute Gasteiger partial charge is 0.369 e. The number of carbonyl (C=O) groups excluding carboxylic acids is 1. The van der Waals surface area contributed by atoms with Crippen molar-refractivity contribution in [2.45, 2.75) is 39.0 Å². The van der Waals surface area contributed by atoms with Crippen LogP contribution >= 0.6 is 0 Å². The van der Waals surface area contributed by atoms with Crippen molar-refractivity contribution in [2.24, 2.45) is 0 Å². The summed E-state index contributed by atoms with van der Waals surface area (Å²) >= 11 is 0. The van der Waals surface area contributed by atoms with Gasteiger partial charge in [0, 0.05) is 63.3 Å². The van der Waals surface area contributed by atoms with Crippen molar-refractivity contribution < 1.29 is 9.53 Å². The first-order chi connectivity index (χ1) is 12.6. The van der Waals surface area contributed by atoms with Crippen LogP contribution in [0.5, 0.6) is 0 Å². The Morgan fingerprint density at radius 3 is 2.81 bits per heavy atom. The molecule has 0 aliphatic carbocycles. The minimum atomic E-state index is -0.0494. The Labute approximate surface area is 152 Å². The highest BCUT2D eigenvalue weighted by molar-refractivity contribution is 5.94. The first-order valence-electron chi connectivity index (χ1n) is 9.11. The van der Waals surface area contributed by atoms with E-state index in [1.54, 1.807) is 18.6 Å².